The molecule has 104 valence electrons. The fourth-order valence-electron chi connectivity index (χ4n) is 2.17. The summed E-state index contributed by atoms with van der Waals surface area (Å²) >= 11 is 3.08. The standard InChI is InChI=1S/C13H16BrFN2O2/c14-11-6-10(3-4-12(11)15)16-13(19)17-5-1-2-9(7-17)8-18/h3-4,6,9,18H,1-2,5,7-8H2,(H,16,19). The van der Waals surface area contributed by atoms with E-state index in [2.05, 4.69) is 21.2 Å². The molecule has 0 radical (unpaired) electrons. The van der Waals surface area contributed by atoms with Gasteiger partial charge < -0.3 is 15.3 Å². The van der Waals surface area contributed by atoms with Gasteiger partial charge in [0.25, 0.3) is 0 Å². The third-order valence-corrected chi connectivity index (χ3v) is 3.84. The summed E-state index contributed by atoms with van der Waals surface area (Å²) in [5, 5.41) is 11.9. The van der Waals surface area contributed by atoms with Crippen LogP contribution in [0.25, 0.3) is 0 Å². The molecule has 0 aliphatic carbocycles. The number of piperidine rings is 1. The van der Waals surface area contributed by atoms with Crippen LogP contribution in [0.15, 0.2) is 22.7 Å². The molecule has 1 aromatic carbocycles. The summed E-state index contributed by atoms with van der Waals surface area (Å²) < 4.78 is 13.4. The number of aliphatic hydroxyl groups excluding tert-OH is 1. The molecule has 0 aromatic heterocycles. The monoisotopic (exact) mass is 330 g/mol. The molecular weight excluding hydrogens is 315 g/mol. The molecule has 1 saturated heterocycles. The Kier molecular flexibility index (Phi) is 4.76. The fourth-order valence-corrected chi connectivity index (χ4v) is 2.55. The number of benzene rings is 1. The minimum Gasteiger partial charge on any atom is -0.396 e. The number of halogens is 2. The van der Waals surface area contributed by atoms with Crippen LogP contribution in [-0.4, -0.2) is 35.7 Å². The van der Waals surface area contributed by atoms with Gasteiger partial charge in [0.1, 0.15) is 5.82 Å². The zero-order chi connectivity index (χ0) is 13.8. The predicted octanol–water partition coefficient (Wildman–Crippen LogP) is 2.82. The van der Waals surface area contributed by atoms with Crippen molar-refractivity contribution in [2.24, 2.45) is 5.92 Å². The number of nitrogens with one attached hydrogen (secondary N) is 1. The lowest BCUT2D eigenvalue weighted by Crippen LogP contribution is -2.43. The number of anilines is 1. The van der Waals surface area contributed by atoms with Crippen molar-refractivity contribution < 1.29 is 14.3 Å². The predicted molar refractivity (Wildman–Crippen MR) is 74.5 cm³/mol. The molecule has 1 fully saturated rings. The number of hydrogen-bond acceptors (Lipinski definition) is 2. The van der Waals surface area contributed by atoms with Crippen LogP contribution in [0.5, 0.6) is 0 Å². The lowest BCUT2D eigenvalue weighted by molar-refractivity contribution is 0.136. The van der Waals surface area contributed by atoms with E-state index in [4.69, 9.17) is 5.11 Å². The number of hydrogen-bond donors (Lipinski definition) is 2. The van der Waals surface area contributed by atoms with E-state index in [0.29, 0.717) is 23.2 Å². The third-order valence-electron chi connectivity index (χ3n) is 3.24. The van der Waals surface area contributed by atoms with Gasteiger partial charge in [-0.1, -0.05) is 0 Å². The smallest absolute Gasteiger partial charge is 0.321 e. The van der Waals surface area contributed by atoms with E-state index in [9.17, 15) is 9.18 Å². The third kappa shape index (κ3) is 3.67. The molecule has 2 rings (SSSR count). The van der Waals surface area contributed by atoms with E-state index >= 15 is 0 Å². The van der Waals surface area contributed by atoms with E-state index in [1.165, 1.54) is 18.2 Å². The van der Waals surface area contributed by atoms with Gasteiger partial charge in [0, 0.05) is 25.4 Å². The van der Waals surface area contributed by atoms with E-state index < -0.39 is 0 Å². The Morgan fingerprint density at radius 1 is 1.58 bits per heavy atom. The van der Waals surface area contributed by atoms with Crippen LogP contribution in [0.2, 0.25) is 0 Å². The first kappa shape index (κ1) is 14.3. The lowest BCUT2D eigenvalue weighted by Gasteiger charge is -2.31. The Morgan fingerprint density at radius 2 is 2.37 bits per heavy atom. The Hall–Kier alpha value is -1.14. The second kappa shape index (κ2) is 6.34. The molecule has 1 aliphatic heterocycles. The molecule has 2 N–H and O–H groups in total. The van der Waals surface area contributed by atoms with E-state index in [0.717, 1.165) is 12.8 Å². The van der Waals surface area contributed by atoms with Crippen LogP contribution < -0.4 is 5.32 Å². The zero-order valence-electron chi connectivity index (χ0n) is 10.4. The average Bonchev–Trinajstić information content (AvgIpc) is 2.43. The highest BCUT2D eigenvalue weighted by Gasteiger charge is 2.23. The number of urea groups is 1. The maximum atomic E-state index is 13.1. The van der Waals surface area contributed by atoms with Crippen molar-refractivity contribution in [3.05, 3.63) is 28.5 Å². The minimum atomic E-state index is -0.365. The Balaban J connectivity index is 1.98. The molecule has 1 atom stereocenters. The van der Waals surface area contributed by atoms with Gasteiger partial charge in [-0.05, 0) is 52.9 Å². The highest BCUT2D eigenvalue weighted by atomic mass is 79.9. The van der Waals surface area contributed by atoms with Gasteiger partial charge in [-0.15, -0.1) is 0 Å². The van der Waals surface area contributed by atoms with Crippen LogP contribution in [0.3, 0.4) is 0 Å². The Morgan fingerprint density at radius 3 is 3.05 bits per heavy atom. The maximum absolute atomic E-state index is 13.1. The molecule has 1 aromatic rings. The molecule has 19 heavy (non-hydrogen) atoms. The van der Waals surface area contributed by atoms with E-state index in [1.54, 1.807) is 4.90 Å². The topological polar surface area (TPSA) is 52.6 Å². The Labute approximate surface area is 119 Å². The first-order valence-corrected chi connectivity index (χ1v) is 7.01. The highest BCUT2D eigenvalue weighted by Crippen LogP contribution is 2.21. The number of likely N-dealkylation sites (tertiary alicyclic amines) is 1. The summed E-state index contributed by atoms with van der Waals surface area (Å²) in [7, 11) is 0. The van der Waals surface area contributed by atoms with Gasteiger partial charge >= 0.3 is 6.03 Å². The molecule has 1 heterocycles. The van der Waals surface area contributed by atoms with Crippen LogP contribution in [0.4, 0.5) is 14.9 Å². The first-order valence-electron chi connectivity index (χ1n) is 6.22. The van der Waals surface area contributed by atoms with Gasteiger partial charge in [0.2, 0.25) is 0 Å². The van der Waals surface area contributed by atoms with Crippen molar-refractivity contribution in [1.29, 1.82) is 0 Å². The van der Waals surface area contributed by atoms with Crippen molar-refractivity contribution in [2.75, 3.05) is 25.0 Å². The Bertz CT molecular complexity index is 470. The molecule has 4 nitrogen and oxygen atoms in total. The van der Waals surface area contributed by atoms with Crippen molar-refractivity contribution in [2.45, 2.75) is 12.8 Å². The molecule has 0 saturated carbocycles. The first-order chi connectivity index (χ1) is 9.10. The SMILES string of the molecule is O=C(Nc1ccc(F)c(Br)c1)N1CCCC(CO)C1. The number of rotatable bonds is 2. The molecule has 2 amide bonds. The highest BCUT2D eigenvalue weighted by molar-refractivity contribution is 9.10. The molecule has 0 spiro atoms. The summed E-state index contributed by atoms with van der Waals surface area (Å²) in [4.78, 5) is 13.7. The van der Waals surface area contributed by atoms with E-state index in [1.807, 2.05) is 0 Å². The maximum Gasteiger partial charge on any atom is 0.321 e. The van der Waals surface area contributed by atoms with Crippen LogP contribution >= 0.6 is 15.9 Å². The molecule has 1 aliphatic rings. The fraction of sp³-hybridized carbons (Fsp3) is 0.462. The van der Waals surface area contributed by atoms with Crippen molar-refractivity contribution in [3.8, 4) is 0 Å². The van der Waals surface area contributed by atoms with Gasteiger partial charge in [-0.25, -0.2) is 9.18 Å². The largest absolute Gasteiger partial charge is 0.396 e. The number of carbonyl (C=O) groups excluding carboxylic acids is 1. The van der Waals surface area contributed by atoms with Gasteiger partial charge in [0.15, 0.2) is 0 Å². The number of nitrogens with zero attached hydrogens (tertiary/aromatic N) is 1. The lowest BCUT2D eigenvalue weighted by atomic mass is 9.99. The summed E-state index contributed by atoms with van der Waals surface area (Å²) in [6.45, 7) is 1.35. The summed E-state index contributed by atoms with van der Waals surface area (Å²) in [6, 6.07) is 4.13. The van der Waals surface area contributed by atoms with Gasteiger partial charge in [-0.3, -0.25) is 0 Å². The van der Waals surface area contributed by atoms with Crippen molar-refractivity contribution in [1.82, 2.24) is 4.90 Å². The van der Waals surface area contributed by atoms with Crippen molar-refractivity contribution in [3.63, 3.8) is 0 Å². The number of amides is 2. The second-order valence-corrected chi connectivity index (χ2v) is 5.55. The van der Waals surface area contributed by atoms with Gasteiger partial charge in [0.05, 0.1) is 4.47 Å². The molecule has 1 unspecified atom stereocenters. The molecular formula is C13H16BrFN2O2. The van der Waals surface area contributed by atoms with Crippen LogP contribution in [0, 0.1) is 11.7 Å². The minimum absolute atomic E-state index is 0.103. The second-order valence-electron chi connectivity index (χ2n) is 4.70. The van der Waals surface area contributed by atoms with Gasteiger partial charge in [-0.2, -0.15) is 0 Å². The average molecular weight is 331 g/mol. The quantitative estimate of drug-likeness (QED) is 0.876. The van der Waals surface area contributed by atoms with Crippen molar-refractivity contribution >= 4 is 27.6 Å². The number of carbonyl (C=O) groups is 1. The summed E-state index contributed by atoms with van der Waals surface area (Å²) in [5.74, 6) is -0.212. The normalized spacial score (nSPS) is 19.3. The summed E-state index contributed by atoms with van der Waals surface area (Å²) in [6.07, 6.45) is 1.84. The summed E-state index contributed by atoms with van der Waals surface area (Å²) in [5.41, 5.74) is 0.546. The zero-order valence-corrected chi connectivity index (χ0v) is 12.0. The number of aliphatic hydroxyl groups is 1. The van der Waals surface area contributed by atoms with E-state index in [-0.39, 0.29) is 24.4 Å². The molecule has 6 heteroatoms. The van der Waals surface area contributed by atoms with Crippen LogP contribution in [-0.2, 0) is 0 Å². The molecule has 0 bridgehead atoms. The van der Waals surface area contributed by atoms with Crippen LogP contribution in [0.1, 0.15) is 12.8 Å².